The molecule has 3 aromatic rings. The van der Waals surface area contributed by atoms with Gasteiger partial charge in [0.1, 0.15) is 11.5 Å². The van der Waals surface area contributed by atoms with E-state index in [1.165, 1.54) is 7.11 Å². The zero-order valence-electron chi connectivity index (χ0n) is 19.4. The highest BCUT2D eigenvalue weighted by atomic mass is 35.5. The van der Waals surface area contributed by atoms with E-state index in [0.29, 0.717) is 51.4 Å². The van der Waals surface area contributed by atoms with Crippen molar-refractivity contribution in [1.29, 1.82) is 0 Å². The number of fused-ring (bicyclic) bond motifs is 2. The molecule has 0 amide bonds. The van der Waals surface area contributed by atoms with Crippen molar-refractivity contribution in [3.8, 4) is 11.3 Å². The fourth-order valence-corrected chi connectivity index (χ4v) is 6.23. The molecule has 3 atom stereocenters. The van der Waals surface area contributed by atoms with Crippen LogP contribution in [0.25, 0.3) is 11.3 Å². The number of hydrogen-bond acceptors (Lipinski definition) is 6. The quantitative estimate of drug-likeness (QED) is 0.336. The number of methoxy groups -OCH3 is 1. The van der Waals surface area contributed by atoms with E-state index in [0.717, 1.165) is 49.2 Å². The third kappa shape index (κ3) is 4.11. The van der Waals surface area contributed by atoms with E-state index in [-0.39, 0.29) is 12.1 Å². The van der Waals surface area contributed by atoms with Crippen LogP contribution in [0.4, 0.5) is 5.69 Å². The number of para-hydroxylation sites is 1. The maximum absolute atomic E-state index is 12.3. The number of hydrogen-bond donors (Lipinski definition) is 0. The van der Waals surface area contributed by atoms with Crippen LogP contribution in [-0.4, -0.2) is 36.9 Å². The van der Waals surface area contributed by atoms with Gasteiger partial charge in [-0.1, -0.05) is 46.6 Å². The Morgan fingerprint density at radius 1 is 1.11 bits per heavy atom. The van der Waals surface area contributed by atoms with Gasteiger partial charge in [0, 0.05) is 35.5 Å². The first kappa shape index (κ1) is 22.9. The van der Waals surface area contributed by atoms with Crippen LogP contribution in [0.15, 0.2) is 47.0 Å². The van der Waals surface area contributed by atoms with Crippen LogP contribution in [0.1, 0.15) is 53.3 Å². The summed E-state index contributed by atoms with van der Waals surface area (Å²) in [6.07, 6.45) is 4.29. The Bertz CT molecular complexity index is 1250. The predicted octanol–water partition coefficient (Wildman–Crippen LogP) is 6.50. The van der Waals surface area contributed by atoms with Gasteiger partial charge in [-0.05, 0) is 49.9 Å². The third-order valence-corrected chi connectivity index (χ3v) is 8.13. The van der Waals surface area contributed by atoms with Gasteiger partial charge in [-0.3, -0.25) is 0 Å². The monoisotopic (exact) mass is 512 g/mol. The van der Waals surface area contributed by atoms with Crippen LogP contribution in [0.5, 0.6) is 0 Å². The van der Waals surface area contributed by atoms with E-state index in [1.807, 2.05) is 42.5 Å². The summed E-state index contributed by atoms with van der Waals surface area (Å²) in [5, 5.41) is 5.47. The van der Waals surface area contributed by atoms with Crippen LogP contribution in [0, 0.1) is 5.92 Å². The van der Waals surface area contributed by atoms with E-state index >= 15 is 0 Å². The van der Waals surface area contributed by atoms with Gasteiger partial charge in [-0.15, -0.1) is 0 Å². The topological polar surface area (TPSA) is 64.8 Å². The summed E-state index contributed by atoms with van der Waals surface area (Å²) in [5.74, 6) is 1.37. The highest BCUT2D eigenvalue weighted by molar-refractivity contribution is 6.39. The Balaban J connectivity index is 1.20. The van der Waals surface area contributed by atoms with Crippen molar-refractivity contribution in [1.82, 2.24) is 5.16 Å². The maximum Gasteiger partial charge on any atom is 0.339 e. The van der Waals surface area contributed by atoms with Crippen molar-refractivity contribution < 1.29 is 18.8 Å². The van der Waals surface area contributed by atoms with E-state index < -0.39 is 0 Å². The molecule has 3 fully saturated rings. The Kier molecular flexibility index (Phi) is 5.99. The van der Waals surface area contributed by atoms with Crippen molar-refractivity contribution >= 4 is 34.9 Å². The number of carbonyl (C=O) groups is 1. The molecule has 0 spiro atoms. The average Bonchev–Trinajstić information content (AvgIpc) is 3.32. The van der Waals surface area contributed by atoms with Crippen molar-refractivity contribution in [2.45, 2.75) is 50.4 Å². The standard InChI is InChI=1S/C27H26Cl2N2O4/c1-33-27(32)18-5-2-3-8-22(18)31-13-16-11-17(31)12-23(16)34-14-19-25(30-35-26(19)15-9-10-15)24-20(28)6-4-7-21(24)29/h2-8,15-17,23H,9-14H2,1H3/t16-,17-,23+/m1/s1. The average molecular weight is 513 g/mol. The van der Waals surface area contributed by atoms with Crippen molar-refractivity contribution in [3.05, 3.63) is 69.4 Å². The molecule has 2 saturated carbocycles. The number of anilines is 1. The lowest BCUT2D eigenvalue weighted by Crippen LogP contribution is -2.39. The van der Waals surface area contributed by atoms with Crippen molar-refractivity contribution in [2.24, 2.45) is 5.92 Å². The highest BCUT2D eigenvalue weighted by Gasteiger charge is 2.46. The first-order valence-corrected chi connectivity index (χ1v) is 12.8. The normalized spacial score (nSPS) is 23.2. The van der Waals surface area contributed by atoms with Crippen LogP contribution in [-0.2, 0) is 16.1 Å². The minimum absolute atomic E-state index is 0.137. The summed E-state index contributed by atoms with van der Waals surface area (Å²) in [7, 11) is 1.42. The molecule has 2 heterocycles. The smallest absolute Gasteiger partial charge is 0.339 e. The summed E-state index contributed by atoms with van der Waals surface area (Å²) >= 11 is 13.0. The molecular formula is C27H26Cl2N2O4. The molecule has 1 aromatic heterocycles. The van der Waals surface area contributed by atoms with Gasteiger partial charge < -0.3 is 18.9 Å². The summed E-state index contributed by atoms with van der Waals surface area (Å²) in [6.45, 7) is 1.27. The first-order valence-electron chi connectivity index (χ1n) is 12.0. The molecule has 0 unspecified atom stereocenters. The van der Waals surface area contributed by atoms with E-state index in [4.69, 9.17) is 37.2 Å². The second kappa shape index (κ2) is 9.16. The molecule has 1 aliphatic heterocycles. The molecule has 3 aliphatic rings. The molecular weight excluding hydrogens is 487 g/mol. The van der Waals surface area contributed by atoms with E-state index in [9.17, 15) is 4.79 Å². The molecule has 182 valence electrons. The lowest BCUT2D eigenvalue weighted by atomic mass is 10.0. The highest BCUT2D eigenvalue weighted by Crippen LogP contribution is 2.47. The first-order chi connectivity index (χ1) is 17.0. The SMILES string of the molecule is COC(=O)c1ccccc1N1C[C@H]2C[C@@H]1C[C@@H]2OCc1c(-c2c(Cl)cccc2Cl)noc1C1CC1. The number of nitrogens with zero attached hydrogens (tertiary/aromatic N) is 2. The van der Waals surface area contributed by atoms with E-state index in [1.54, 1.807) is 0 Å². The van der Waals surface area contributed by atoms with Gasteiger partial charge >= 0.3 is 5.97 Å². The van der Waals surface area contributed by atoms with Crippen LogP contribution in [0.3, 0.4) is 0 Å². The molecule has 35 heavy (non-hydrogen) atoms. The molecule has 6 rings (SSSR count). The molecule has 2 bridgehead atoms. The number of carbonyl (C=O) groups excluding carboxylic acids is 1. The van der Waals surface area contributed by atoms with Gasteiger partial charge in [0.15, 0.2) is 0 Å². The van der Waals surface area contributed by atoms with Gasteiger partial charge in [0.2, 0.25) is 0 Å². The second-order valence-electron chi connectivity index (χ2n) is 9.64. The van der Waals surface area contributed by atoms with Gasteiger partial charge in [-0.2, -0.15) is 0 Å². The molecule has 8 heteroatoms. The molecule has 2 aliphatic carbocycles. The van der Waals surface area contributed by atoms with E-state index in [2.05, 4.69) is 10.1 Å². The summed E-state index contributed by atoms with van der Waals surface area (Å²) < 4.78 is 17.3. The number of piperidine rings is 1. The van der Waals surface area contributed by atoms with Crippen LogP contribution < -0.4 is 4.90 Å². The number of halogens is 2. The summed E-state index contributed by atoms with van der Waals surface area (Å²) in [4.78, 5) is 14.6. The second-order valence-corrected chi connectivity index (χ2v) is 10.5. The maximum atomic E-state index is 12.3. The summed E-state index contributed by atoms with van der Waals surface area (Å²) in [6, 6.07) is 13.5. The zero-order valence-corrected chi connectivity index (χ0v) is 20.9. The number of aromatic nitrogens is 1. The predicted molar refractivity (Wildman–Crippen MR) is 134 cm³/mol. The largest absolute Gasteiger partial charge is 0.465 e. The third-order valence-electron chi connectivity index (χ3n) is 7.50. The fraction of sp³-hybridized carbons (Fsp3) is 0.407. The van der Waals surface area contributed by atoms with Gasteiger partial charge in [0.05, 0.1) is 41.1 Å². The zero-order chi connectivity index (χ0) is 24.1. The van der Waals surface area contributed by atoms with Gasteiger partial charge in [0.25, 0.3) is 0 Å². The number of esters is 1. The number of ether oxygens (including phenoxy) is 2. The molecule has 2 aromatic carbocycles. The van der Waals surface area contributed by atoms with Crippen molar-refractivity contribution in [3.63, 3.8) is 0 Å². The minimum Gasteiger partial charge on any atom is -0.465 e. The lowest BCUT2D eigenvalue weighted by molar-refractivity contribution is 0.0122. The minimum atomic E-state index is -0.304. The number of rotatable bonds is 7. The Hall–Kier alpha value is -2.54. The van der Waals surface area contributed by atoms with Crippen LogP contribution >= 0.6 is 23.2 Å². The number of benzene rings is 2. The fourth-order valence-electron chi connectivity index (χ4n) is 5.65. The Morgan fingerprint density at radius 2 is 1.89 bits per heavy atom. The van der Waals surface area contributed by atoms with Gasteiger partial charge in [-0.25, -0.2) is 4.79 Å². The molecule has 0 N–H and O–H groups in total. The lowest BCUT2D eigenvalue weighted by Gasteiger charge is -2.34. The molecule has 0 radical (unpaired) electrons. The summed E-state index contributed by atoms with van der Waals surface area (Å²) in [5.41, 5.74) is 3.89. The molecule has 6 nitrogen and oxygen atoms in total. The Morgan fingerprint density at radius 3 is 2.57 bits per heavy atom. The molecule has 1 saturated heterocycles. The van der Waals surface area contributed by atoms with Crippen molar-refractivity contribution in [2.75, 3.05) is 18.6 Å². The van der Waals surface area contributed by atoms with Crippen LogP contribution in [0.2, 0.25) is 10.0 Å². The Labute approximate surface area is 214 Å².